The van der Waals surface area contributed by atoms with Crippen LogP contribution < -0.4 is 0 Å². The number of rotatable bonds is 6. The average molecular weight is 229 g/mol. The Morgan fingerprint density at radius 3 is 1.64 bits per heavy atom. The van der Waals surface area contributed by atoms with E-state index in [4.69, 9.17) is 0 Å². The Morgan fingerprint density at radius 1 is 1.00 bits per heavy atom. The molecule has 0 aromatic carbocycles. The maximum absolute atomic E-state index is 2.84. The summed E-state index contributed by atoms with van der Waals surface area (Å²) in [7, 11) is 2.84. The minimum Gasteiger partial charge on any atom is -0.412 e. The third kappa shape index (κ3) is 10.4. The molecule has 2 unspecified atom stereocenters. The molecule has 14 heavy (non-hydrogen) atoms. The molecule has 0 saturated carbocycles. The molecule has 0 fully saturated rings. The van der Waals surface area contributed by atoms with Crippen molar-refractivity contribution >= 4 is 9.24 Å². The molecule has 0 amide bonds. The normalized spacial score (nSPS) is 10.9. The summed E-state index contributed by atoms with van der Waals surface area (Å²) < 4.78 is 0. The second-order valence-electron chi connectivity index (χ2n) is 3.00. The van der Waals surface area contributed by atoms with Crippen LogP contribution in [0.3, 0.4) is 0 Å². The van der Waals surface area contributed by atoms with Crippen LogP contribution in [0.4, 0.5) is 0 Å². The van der Waals surface area contributed by atoms with Crippen molar-refractivity contribution in [2.45, 2.75) is 27.2 Å². The SMILES string of the molecule is CCC(CP)CN(CC)CC.O.O.O. The lowest BCUT2D eigenvalue weighted by Crippen LogP contribution is -2.29. The molecule has 5 heteroatoms. The van der Waals surface area contributed by atoms with E-state index in [0.29, 0.717) is 0 Å². The first kappa shape index (κ1) is 23.8. The number of hydrogen-bond acceptors (Lipinski definition) is 1. The van der Waals surface area contributed by atoms with Crippen molar-refractivity contribution in [2.75, 3.05) is 25.8 Å². The quantitative estimate of drug-likeness (QED) is 0.577. The smallest absolute Gasteiger partial charge is 0.00125 e. The van der Waals surface area contributed by atoms with Gasteiger partial charge in [-0.2, -0.15) is 0 Å². The molecule has 2 atom stereocenters. The van der Waals surface area contributed by atoms with Gasteiger partial charge in [-0.05, 0) is 25.2 Å². The van der Waals surface area contributed by atoms with Gasteiger partial charge in [-0.15, -0.1) is 9.24 Å². The number of nitrogens with zero attached hydrogens (tertiary/aromatic N) is 1. The van der Waals surface area contributed by atoms with Gasteiger partial charge in [-0.25, -0.2) is 0 Å². The van der Waals surface area contributed by atoms with Gasteiger partial charge in [0.15, 0.2) is 0 Å². The molecule has 6 N–H and O–H groups in total. The molecular formula is C9H28NO3P. The molecule has 0 bridgehead atoms. The van der Waals surface area contributed by atoms with E-state index < -0.39 is 0 Å². The zero-order valence-corrected chi connectivity index (χ0v) is 10.8. The van der Waals surface area contributed by atoms with Crippen molar-refractivity contribution in [2.24, 2.45) is 5.92 Å². The number of hydrogen-bond donors (Lipinski definition) is 0. The van der Waals surface area contributed by atoms with Crippen molar-refractivity contribution in [3.8, 4) is 0 Å². The molecule has 4 nitrogen and oxygen atoms in total. The predicted octanol–water partition coefficient (Wildman–Crippen LogP) is -0.245. The molecule has 0 aromatic rings. The van der Waals surface area contributed by atoms with Crippen LogP contribution in [-0.2, 0) is 0 Å². The lowest BCUT2D eigenvalue weighted by Gasteiger charge is -2.23. The third-order valence-corrected chi connectivity index (χ3v) is 2.99. The van der Waals surface area contributed by atoms with Crippen molar-refractivity contribution < 1.29 is 16.4 Å². The van der Waals surface area contributed by atoms with Crippen molar-refractivity contribution in [3.05, 3.63) is 0 Å². The highest BCUT2D eigenvalue weighted by molar-refractivity contribution is 7.16. The predicted molar refractivity (Wildman–Crippen MR) is 67.0 cm³/mol. The zero-order chi connectivity index (χ0) is 8.69. The molecule has 0 spiro atoms. The van der Waals surface area contributed by atoms with Gasteiger partial charge in [0.1, 0.15) is 0 Å². The first-order chi connectivity index (χ1) is 5.28. The molecule has 0 saturated heterocycles. The highest BCUT2D eigenvalue weighted by Crippen LogP contribution is 2.08. The minimum absolute atomic E-state index is 0. The molecular weight excluding hydrogens is 201 g/mol. The second kappa shape index (κ2) is 15.7. The lowest BCUT2D eigenvalue weighted by atomic mass is 10.1. The first-order valence-corrected chi connectivity index (χ1v) is 5.52. The van der Waals surface area contributed by atoms with Crippen LogP contribution in [-0.4, -0.2) is 47.1 Å². The van der Waals surface area contributed by atoms with Gasteiger partial charge >= 0.3 is 0 Å². The first-order valence-electron chi connectivity index (χ1n) is 4.70. The summed E-state index contributed by atoms with van der Waals surface area (Å²) in [6, 6.07) is 0. The fourth-order valence-electron chi connectivity index (χ4n) is 1.22. The Morgan fingerprint density at radius 2 is 1.43 bits per heavy atom. The largest absolute Gasteiger partial charge is 0.412 e. The Labute approximate surface area is 90.2 Å². The summed E-state index contributed by atoms with van der Waals surface area (Å²) in [5, 5.41) is 0. The van der Waals surface area contributed by atoms with E-state index in [9.17, 15) is 0 Å². The maximum Gasteiger partial charge on any atom is 0.00125 e. The van der Waals surface area contributed by atoms with Crippen molar-refractivity contribution in [1.29, 1.82) is 0 Å². The summed E-state index contributed by atoms with van der Waals surface area (Å²) in [6.07, 6.45) is 2.55. The summed E-state index contributed by atoms with van der Waals surface area (Å²) in [6.45, 7) is 10.4. The van der Waals surface area contributed by atoms with Gasteiger partial charge in [0.2, 0.25) is 0 Å². The Bertz CT molecular complexity index is 78.1. The molecule has 0 aliphatic heterocycles. The van der Waals surface area contributed by atoms with Gasteiger partial charge in [-0.1, -0.05) is 27.2 Å². The Hall–Kier alpha value is 0.270. The van der Waals surface area contributed by atoms with Crippen LogP contribution in [0.15, 0.2) is 0 Å². The van der Waals surface area contributed by atoms with Gasteiger partial charge in [0.25, 0.3) is 0 Å². The van der Waals surface area contributed by atoms with Crippen molar-refractivity contribution in [3.63, 3.8) is 0 Å². The maximum atomic E-state index is 2.84. The fraction of sp³-hybridized carbons (Fsp3) is 1.00. The van der Waals surface area contributed by atoms with Crippen molar-refractivity contribution in [1.82, 2.24) is 4.90 Å². The monoisotopic (exact) mass is 229 g/mol. The van der Waals surface area contributed by atoms with Gasteiger partial charge in [-0.3, -0.25) is 0 Å². The van der Waals surface area contributed by atoms with Crippen LogP contribution in [0.2, 0.25) is 0 Å². The van der Waals surface area contributed by atoms with E-state index in [1.807, 2.05) is 0 Å². The van der Waals surface area contributed by atoms with Gasteiger partial charge in [0.05, 0.1) is 0 Å². The standard InChI is InChI=1S/C9H22NP.3H2O/c1-4-9(8-11)7-10(5-2)6-3;;;/h9H,4-8,11H2,1-3H3;3*1H2. The molecule has 0 aliphatic carbocycles. The minimum atomic E-state index is 0. The topological polar surface area (TPSA) is 97.7 Å². The van der Waals surface area contributed by atoms with Gasteiger partial charge < -0.3 is 21.3 Å². The molecule has 0 radical (unpaired) electrons. The van der Waals surface area contributed by atoms with Crippen LogP contribution in [0.5, 0.6) is 0 Å². The Balaban J connectivity index is -0.000000167. The van der Waals surface area contributed by atoms with E-state index in [1.165, 1.54) is 32.2 Å². The van der Waals surface area contributed by atoms with E-state index in [1.54, 1.807) is 0 Å². The van der Waals surface area contributed by atoms with Crippen LogP contribution in [0, 0.1) is 5.92 Å². The third-order valence-electron chi connectivity index (χ3n) is 2.32. The molecule has 92 valence electrons. The molecule has 0 aromatic heterocycles. The van der Waals surface area contributed by atoms with E-state index in [0.717, 1.165) is 5.92 Å². The van der Waals surface area contributed by atoms with E-state index >= 15 is 0 Å². The lowest BCUT2D eigenvalue weighted by molar-refractivity contribution is 0.260. The summed E-state index contributed by atoms with van der Waals surface area (Å²) in [5.41, 5.74) is 0. The summed E-state index contributed by atoms with van der Waals surface area (Å²) in [5.74, 6) is 0.875. The van der Waals surface area contributed by atoms with E-state index in [2.05, 4.69) is 34.9 Å². The fourth-order valence-corrected chi connectivity index (χ4v) is 1.70. The van der Waals surface area contributed by atoms with Crippen LogP contribution in [0.25, 0.3) is 0 Å². The van der Waals surface area contributed by atoms with E-state index in [-0.39, 0.29) is 16.4 Å². The Kier molecular flexibility index (Phi) is 26.8. The summed E-state index contributed by atoms with van der Waals surface area (Å²) in [4.78, 5) is 2.50. The zero-order valence-electron chi connectivity index (χ0n) is 9.64. The highest BCUT2D eigenvalue weighted by atomic mass is 31.0. The molecule has 0 heterocycles. The second-order valence-corrected chi connectivity index (χ2v) is 3.47. The molecule has 0 rings (SSSR count). The van der Waals surface area contributed by atoms with Gasteiger partial charge in [0, 0.05) is 6.54 Å². The van der Waals surface area contributed by atoms with Crippen LogP contribution >= 0.6 is 9.24 Å². The average Bonchev–Trinajstić information content (AvgIpc) is 2.07. The highest BCUT2D eigenvalue weighted by Gasteiger charge is 2.07. The molecule has 0 aliphatic rings. The summed E-state index contributed by atoms with van der Waals surface area (Å²) >= 11 is 0. The van der Waals surface area contributed by atoms with Crippen LogP contribution in [0.1, 0.15) is 27.2 Å².